The molecule has 1 aliphatic heterocycles. The molecule has 160 valence electrons. The number of aryl methyl sites for hydroxylation is 1. The van der Waals surface area contributed by atoms with Crippen LogP contribution >= 0.6 is 23.8 Å². The molecule has 1 fully saturated rings. The smallest absolute Gasteiger partial charge is 0.335 e. The lowest BCUT2D eigenvalue weighted by atomic mass is 10.1. The van der Waals surface area contributed by atoms with Gasteiger partial charge in [-0.3, -0.25) is 19.8 Å². The van der Waals surface area contributed by atoms with Gasteiger partial charge in [-0.15, -0.1) is 0 Å². The van der Waals surface area contributed by atoms with E-state index in [0.29, 0.717) is 22.0 Å². The molecule has 2 aromatic carbocycles. The number of thiocarbonyl (C=S) groups is 1. The Labute approximate surface area is 192 Å². The highest BCUT2D eigenvalue weighted by Crippen LogP contribution is 2.28. The van der Waals surface area contributed by atoms with Gasteiger partial charge in [-0.25, -0.2) is 4.79 Å². The van der Waals surface area contributed by atoms with Crippen molar-refractivity contribution in [1.82, 2.24) is 5.32 Å². The van der Waals surface area contributed by atoms with Crippen molar-refractivity contribution >= 4 is 58.5 Å². The van der Waals surface area contributed by atoms with Crippen molar-refractivity contribution in [3.8, 4) is 11.3 Å². The number of anilines is 1. The Morgan fingerprint density at radius 3 is 2.66 bits per heavy atom. The van der Waals surface area contributed by atoms with Crippen LogP contribution in [0.15, 0.2) is 64.6 Å². The second-order valence-corrected chi connectivity index (χ2v) is 7.77. The van der Waals surface area contributed by atoms with Crippen molar-refractivity contribution in [3.63, 3.8) is 0 Å². The van der Waals surface area contributed by atoms with Gasteiger partial charge in [-0.2, -0.15) is 0 Å². The van der Waals surface area contributed by atoms with Gasteiger partial charge in [-0.05, 0) is 67.2 Å². The third-order valence-corrected chi connectivity index (χ3v) is 5.51. The number of hydrogen-bond acceptors (Lipinski definition) is 5. The number of carboxylic acid groups (broad SMARTS) is 1. The summed E-state index contributed by atoms with van der Waals surface area (Å²) in [6.07, 6.45) is 1.31. The van der Waals surface area contributed by atoms with Crippen LogP contribution in [0.4, 0.5) is 5.69 Å². The number of furan rings is 1. The van der Waals surface area contributed by atoms with E-state index in [1.165, 1.54) is 23.1 Å². The van der Waals surface area contributed by atoms with Gasteiger partial charge in [0.2, 0.25) is 0 Å². The lowest BCUT2D eigenvalue weighted by molar-refractivity contribution is -0.122. The summed E-state index contributed by atoms with van der Waals surface area (Å²) in [5.41, 5.74) is 1.75. The third kappa shape index (κ3) is 4.05. The van der Waals surface area contributed by atoms with Crippen molar-refractivity contribution in [2.75, 3.05) is 4.90 Å². The van der Waals surface area contributed by atoms with Crippen LogP contribution in [0.1, 0.15) is 21.7 Å². The second-order valence-electron chi connectivity index (χ2n) is 6.98. The first-order valence-electron chi connectivity index (χ1n) is 9.36. The summed E-state index contributed by atoms with van der Waals surface area (Å²) in [5, 5.41) is 12.1. The van der Waals surface area contributed by atoms with Crippen LogP contribution in [-0.2, 0) is 9.59 Å². The predicted molar refractivity (Wildman–Crippen MR) is 123 cm³/mol. The molecule has 2 heterocycles. The molecule has 32 heavy (non-hydrogen) atoms. The summed E-state index contributed by atoms with van der Waals surface area (Å²) in [6.45, 7) is 1.83. The topological polar surface area (TPSA) is 99.8 Å². The summed E-state index contributed by atoms with van der Waals surface area (Å²) in [6, 6.07) is 14.5. The molecule has 3 aromatic rings. The molecule has 1 aromatic heterocycles. The van der Waals surface area contributed by atoms with Crippen LogP contribution in [0.5, 0.6) is 0 Å². The van der Waals surface area contributed by atoms with Gasteiger partial charge in [0.1, 0.15) is 17.1 Å². The number of carbonyl (C=O) groups is 3. The first-order chi connectivity index (χ1) is 15.2. The Hall–Kier alpha value is -3.75. The third-order valence-electron chi connectivity index (χ3n) is 4.82. The zero-order valence-corrected chi connectivity index (χ0v) is 18.2. The minimum absolute atomic E-state index is 0.0531. The molecule has 9 heteroatoms. The van der Waals surface area contributed by atoms with Gasteiger partial charge in [0.05, 0.1) is 11.3 Å². The van der Waals surface area contributed by atoms with Gasteiger partial charge in [0.25, 0.3) is 11.8 Å². The minimum atomic E-state index is -1.06. The van der Waals surface area contributed by atoms with E-state index in [0.717, 1.165) is 5.56 Å². The highest BCUT2D eigenvalue weighted by Gasteiger charge is 2.35. The fourth-order valence-corrected chi connectivity index (χ4v) is 3.60. The van der Waals surface area contributed by atoms with Crippen LogP contribution in [0, 0.1) is 6.92 Å². The molecule has 0 bridgehead atoms. The summed E-state index contributed by atoms with van der Waals surface area (Å²) in [7, 11) is 0. The fraction of sp³-hybridized carbons (Fsp3) is 0.0435. The van der Waals surface area contributed by atoms with Gasteiger partial charge in [0, 0.05) is 10.6 Å². The zero-order valence-electron chi connectivity index (χ0n) is 16.6. The van der Waals surface area contributed by atoms with E-state index in [4.69, 9.17) is 33.3 Å². The van der Waals surface area contributed by atoms with Crippen molar-refractivity contribution in [2.45, 2.75) is 6.92 Å². The van der Waals surface area contributed by atoms with Crippen LogP contribution in [-0.4, -0.2) is 28.0 Å². The van der Waals surface area contributed by atoms with Gasteiger partial charge in [0.15, 0.2) is 5.11 Å². The number of amides is 2. The van der Waals surface area contributed by atoms with Gasteiger partial charge in [-0.1, -0.05) is 29.8 Å². The highest BCUT2D eigenvalue weighted by molar-refractivity contribution is 7.80. The van der Waals surface area contributed by atoms with Crippen molar-refractivity contribution in [3.05, 3.63) is 82.1 Å². The number of hydrogen-bond donors (Lipinski definition) is 2. The standard InChI is InChI=1S/C23H15ClN2O5S/c1-12-5-6-15(10-18(12)24)26-21(28)17(20(27)25-23(26)32)11-16-7-8-19(31-16)13-3-2-4-14(9-13)22(29)30/h2-11H,1H3,(H,29,30)(H,25,27,32)/b17-11-. The fourth-order valence-electron chi connectivity index (χ4n) is 3.15. The van der Waals surface area contributed by atoms with E-state index in [2.05, 4.69) is 5.32 Å². The van der Waals surface area contributed by atoms with Crippen LogP contribution in [0.2, 0.25) is 5.02 Å². The van der Waals surface area contributed by atoms with Gasteiger partial charge < -0.3 is 9.52 Å². The Kier molecular flexibility index (Phi) is 5.65. The van der Waals surface area contributed by atoms with E-state index >= 15 is 0 Å². The van der Waals surface area contributed by atoms with E-state index in [9.17, 15) is 14.4 Å². The normalized spacial score (nSPS) is 15.2. The molecular formula is C23H15ClN2O5S. The molecule has 0 saturated carbocycles. The van der Waals surface area contributed by atoms with E-state index in [1.807, 2.05) is 6.92 Å². The molecule has 2 N–H and O–H groups in total. The molecule has 0 aliphatic carbocycles. The Morgan fingerprint density at radius 1 is 1.16 bits per heavy atom. The van der Waals surface area contributed by atoms with Crippen molar-refractivity contribution in [1.29, 1.82) is 0 Å². The summed E-state index contributed by atoms with van der Waals surface area (Å²) < 4.78 is 5.73. The van der Waals surface area contributed by atoms with E-state index in [-0.39, 0.29) is 22.0 Å². The average Bonchev–Trinajstić information content (AvgIpc) is 3.22. The lowest BCUT2D eigenvalue weighted by Crippen LogP contribution is -2.54. The van der Waals surface area contributed by atoms with E-state index in [1.54, 1.807) is 42.5 Å². The largest absolute Gasteiger partial charge is 0.478 e. The number of rotatable bonds is 4. The number of carboxylic acids is 1. The first kappa shape index (κ1) is 21.5. The molecular weight excluding hydrogens is 452 g/mol. The first-order valence-corrected chi connectivity index (χ1v) is 10.1. The predicted octanol–water partition coefficient (Wildman–Crippen LogP) is 4.44. The lowest BCUT2D eigenvalue weighted by Gasteiger charge is -2.29. The molecule has 1 saturated heterocycles. The quantitative estimate of drug-likeness (QED) is 0.335. The summed E-state index contributed by atoms with van der Waals surface area (Å²) >= 11 is 11.4. The molecule has 7 nitrogen and oxygen atoms in total. The maximum atomic E-state index is 13.1. The Balaban J connectivity index is 1.67. The number of nitrogens with zero attached hydrogens (tertiary/aromatic N) is 1. The molecule has 0 spiro atoms. The average molecular weight is 467 g/mol. The molecule has 2 amide bonds. The summed E-state index contributed by atoms with van der Waals surface area (Å²) in [4.78, 5) is 38.0. The maximum absolute atomic E-state index is 13.1. The monoisotopic (exact) mass is 466 g/mol. The molecule has 1 aliphatic rings. The SMILES string of the molecule is Cc1ccc(N2C(=O)/C(=C\c3ccc(-c4cccc(C(=O)O)c4)o3)C(=O)NC2=S)cc1Cl. The minimum Gasteiger partial charge on any atom is -0.478 e. The maximum Gasteiger partial charge on any atom is 0.335 e. The van der Waals surface area contributed by atoms with Crippen molar-refractivity contribution < 1.29 is 23.9 Å². The number of halogens is 1. The number of nitrogens with one attached hydrogen (secondary N) is 1. The number of carbonyl (C=O) groups excluding carboxylic acids is 2. The molecule has 0 unspecified atom stereocenters. The van der Waals surface area contributed by atoms with Crippen LogP contribution < -0.4 is 10.2 Å². The van der Waals surface area contributed by atoms with Gasteiger partial charge >= 0.3 is 5.97 Å². The number of benzene rings is 2. The van der Waals surface area contributed by atoms with Crippen molar-refractivity contribution in [2.24, 2.45) is 0 Å². The zero-order chi connectivity index (χ0) is 23.0. The molecule has 4 rings (SSSR count). The molecule has 0 atom stereocenters. The second kappa shape index (κ2) is 8.41. The van der Waals surface area contributed by atoms with Crippen LogP contribution in [0.3, 0.4) is 0 Å². The van der Waals surface area contributed by atoms with Crippen LogP contribution in [0.25, 0.3) is 17.4 Å². The number of aromatic carboxylic acids is 1. The summed E-state index contributed by atoms with van der Waals surface area (Å²) in [5.74, 6) is -1.70. The van der Waals surface area contributed by atoms with E-state index < -0.39 is 17.8 Å². The highest BCUT2D eigenvalue weighted by atomic mass is 35.5. The Bertz CT molecular complexity index is 1330. The molecule has 0 radical (unpaired) electrons. The Morgan fingerprint density at radius 2 is 1.94 bits per heavy atom.